The predicted molar refractivity (Wildman–Crippen MR) is 68.1 cm³/mol. The van der Waals surface area contributed by atoms with Crippen molar-refractivity contribution < 1.29 is 15.0 Å². The molecular formula is C11H18O3S2. The second-order valence-corrected chi connectivity index (χ2v) is 7.02. The van der Waals surface area contributed by atoms with Crippen LogP contribution in [0.4, 0.5) is 0 Å². The molecular weight excluding hydrogens is 244 g/mol. The highest BCUT2D eigenvalue weighted by atomic mass is 32.2. The van der Waals surface area contributed by atoms with E-state index in [1.165, 1.54) is 0 Å². The average molecular weight is 262 g/mol. The summed E-state index contributed by atoms with van der Waals surface area (Å²) >= 11 is 3.49. The van der Waals surface area contributed by atoms with Crippen LogP contribution in [0.2, 0.25) is 0 Å². The maximum atomic E-state index is 11.6. The van der Waals surface area contributed by atoms with Crippen LogP contribution in [-0.4, -0.2) is 44.8 Å². The topological polar surface area (TPSA) is 57.5 Å². The normalized spacial score (nSPS) is 34.6. The van der Waals surface area contributed by atoms with Gasteiger partial charge >= 0.3 is 5.97 Å². The largest absolute Gasteiger partial charge is 0.481 e. The molecule has 1 unspecified atom stereocenters. The summed E-state index contributed by atoms with van der Waals surface area (Å²) in [7, 11) is 0. The Bertz CT molecular complexity index is 268. The van der Waals surface area contributed by atoms with E-state index in [0.29, 0.717) is 25.0 Å². The molecule has 5 heteroatoms. The van der Waals surface area contributed by atoms with Crippen molar-refractivity contribution in [3.05, 3.63) is 0 Å². The van der Waals surface area contributed by atoms with E-state index in [1.54, 1.807) is 23.5 Å². The monoisotopic (exact) mass is 262 g/mol. The Hall–Kier alpha value is 0.130. The van der Waals surface area contributed by atoms with E-state index in [2.05, 4.69) is 0 Å². The van der Waals surface area contributed by atoms with Crippen LogP contribution in [0.25, 0.3) is 0 Å². The molecule has 2 aliphatic heterocycles. The highest BCUT2D eigenvalue weighted by Gasteiger charge is 2.56. The highest BCUT2D eigenvalue weighted by molar-refractivity contribution is 7.99. The van der Waals surface area contributed by atoms with E-state index in [1.807, 2.05) is 0 Å². The zero-order valence-electron chi connectivity index (χ0n) is 9.28. The van der Waals surface area contributed by atoms with Gasteiger partial charge in [0.1, 0.15) is 0 Å². The summed E-state index contributed by atoms with van der Waals surface area (Å²) in [6.45, 7) is 0. The lowest BCUT2D eigenvalue weighted by Crippen LogP contribution is -2.57. The van der Waals surface area contributed by atoms with E-state index in [9.17, 15) is 15.0 Å². The first-order valence-corrected chi connectivity index (χ1v) is 8.03. The molecule has 2 saturated heterocycles. The second-order valence-electron chi connectivity index (χ2n) is 4.69. The molecule has 0 spiro atoms. The lowest BCUT2D eigenvalue weighted by molar-refractivity contribution is -0.169. The van der Waals surface area contributed by atoms with Gasteiger partial charge in [0, 0.05) is 5.75 Å². The summed E-state index contributed by atoms with van der Waals surface area (Å²) in [6.07, 6.45) is 2.81. The van der Waals surface area contributed by atoms with Crippen LogP contribution >= 0.6 is 23.5 Å². The minimum atomic E-state index is -0.983. The molecule has 2 aliphatic rings. The van der Waals surface area contributed by atoms with Gasteiger partial charge in [-0.25, -0.2) is 0 Å². The molecule has 2 N–H and O–H groups in total. The van der Waals surface area contributed by atoms with Crippen molar-refractivity contribution in [2.75, 3.05) is 23.0 Å². The number of rotatable bonds is 2. The summed E-state index contributed by atoms with van der Waals surface area (Å²) in [4.78, 5) is 11.6. The first-order chi connectivity index (χ1) is 7.61. The molecule has 0 aliphatic carbocycles. The molecule has 1 atom stereocenters. The molecule has 2 heterocycles. The molecule has 16 heavy (non-hydrogen) atoms. The van der Waals surface area contributed by atoms with Crippen LogP contribution in [0.5, 0.6) is 0 Å². The molecule has 0 aromatic rings. The maximum absolute atomic E-state index is 11.6. The van der Waals surface area contributed by atoms with Crippen molar-refractivity contribution in [3.63, 3.8) is 0 Å². The molecule has 2 fully saturated rings. The first kappa shape index (κ1) is 12.6. The van der Waals surface area contributed by atoms with Gasteiger partial charge in [0.05, 0.1) is 11.0 Å². The van der Waals surface area contributed by atoms with Crippen molar-refractivity contribution in [3.8, 4) is 0 Å². The smallest absolute Gasteiger partial charge is 0.312 e. The second kappa shape index (κ2) is 4.78. The minimum absolute atomic E-state index is 0.587. The molecule has 0 radical (unpaired) electrons. The molecule has 0 amide bonds. The Kier molecular flexibility index (Phi) is 3.76. The van der Waals surface area contributed by atoms with Crippen molar-refractivity contribution in [2.45, 2.75) is 31.3 Å². The van der Waals surface area contributed by atoms with Crippen LogP contribution in [0.1, 0.15) is 25.7 Å². The fourth-order valence-corrected chi connectivity index (χ4v) is 5.20. The Morgan fingerprint density at radius 1 is 1.06 bits per heavy atom. The Morgan fingerprint density at radius 3 is 2.25 bits per heavy atom. The fraction of sp³-hybridized carbons (Fsp3) is 0.909. The lowest BCUT2D eigenvalue weighted by atomic mass is 9.66. The van der Waals surface area contributed by atoms with E-state index in [0.717, 1.165) is 23.7 Å². The first-order valence-electron chi connectivity index (χ1n) is 5.72. The Balaban J connectivity index is 2.26. The predicted octanol–water partition coefficient (Wildman–Crippen LogP) is 1.84. The van der Waals surface area contributed by atoms with Crippen LogP contribution < -0.4 is 0 Å². The van der Waals surface area contributed by atoms with Crippen molar-refractivity contribution in [1.29, 1.82) is 0 Å². The number of hydrogen-bond acceptors (Lipinski definition) is 4. The molecule has 0 bridgehead atoms. The van der Waals surface area contributed by atoms with E-state index in [-0.39, 0.29) is 0 Å². The van der Waals surface area contributed by atoms with Gasteiger partial charge in [0.2, 0.25) is 0 Å². The van der Waals surface area contributed by atoms with E-state index < -0.39 is 17.0 Å². The summed E-state index contributed by atoms with van der Waals surface area (Å²) in [5.74, 6) is 2.56. The summed E-state index contributed by atoms with van der Waals surface area (Å²) < 4.78 is 0. The van der Waals surface area contributed by atoms with Crippen molar-refractivity contribution in [2.24, 2.45) is 5.41 Å². The number of aliphatic hydroxyl groups is 1. The Morgan fingerprint density at radius 2 is 1.75 bits per heavy atom. The number of carbonyl (C=O) groups is 1. The van der Waals surface area contributed by atoms with Crippen LogP contribution in [0.3, 0.4) is 0 Å². The number of carboxylic acid groups (broad SMARTS) is 1. The molecule has 2 rings (SSSR count). The molecule has 3 nitrogen and oxygen atoms in total. The van der Waals surface area contributed by atoms with Gasteiger partial charge in [0.15, 0.2) is 0 Å². The summed E-state index contributed by atoms with van der Waals surface area (Å²) in [6, 6.07) is 0. The summed E-state index contributed by atoms with van der Waals surface area (Å²) in [5.41, 5.74) is -1.87. The highest BCUT2D eigenvalue weighted by Crippen LogP contribution is 2.49. The Labute approximate surface area is 104 Å². The van der Waals surface area contributed by atoms with Gasteiger partial charge in [0.25, 0.3) is 0 Å². The number of carboxylic acids is 1. The standard InChI is InChI=1S/C11H18O3S2/c12-9(13)10(3-6-15-7-4-10)11(14)2-1-5-16-8-11/h14H,1-8H2,(H,12,13). The van der Waals surface area contributed by atoms with Gasteiger partial charge in [-0.05, 0) is 42.9 Å². The third-order valence-corrected chi connectivity index (χ3v) is 6.11. The van der Waals surface area contributed by atoms with E-state index in [4.69, 9.17) is 0 Å². The van der Waals surface area contributed by atoms with Gasteiger partial charge in [-0.1, -0.05) is 0 Å². The van der Waals surface area contributed by atoms with Crippen LogP contribution in [-0.2, 0) is 4.79 Å². The molecule has 0 saturated carbocycles. The number of aliphatic carboxylic acids is 1. The number of thioether (sulfide) groups is 2. The van der Waals surface area contributed by atoms with Crippen molar-refractivity contribution in [1.82, 2.24) is 0 Å². The third kappa shape index (κ3) is 1.97. The molecule has 0 aromatic heterocycles. The minimum Gasteiger partial charge on any atom is -0.481 e. The van der Waals surface area contributed by atoms with Gasteiger partial charge < -0.3 is 10.2 Å². The quantitative estimate of drug-likeness (QED) is 0.795. The zero-order chi connectivity index (χ0) is 11.6. The fourth-order valence-electron chi connectivity index (χ4n) is 2.76. The van der Waals surface area contributed by atoms with Crippen molar-refractivity contribution >= 4 is 29.5 Å². The van der Waals surface area contributed by atoms with Crippen LogP contribution in [0.15, 0.2) is 0 Å². The summed E-state index contributed by atoms with van der Waals surface area (Å²) in [5, 5.41) is 20.2. The third-order valence-electron chi connectivity index (χ3n) is 3.87. The van der Waals surface area contributed by atoms with E-state index >= 15 is 0 Å². The molecule has 92 valence electrons. The SMILES string of the molecule is O=C(O)C1(C2(O)CCCSC2)CCSCC1. The molecule has 0 aromatic carbocycles. The lowest BCUT2D eigenvalue weighted by Gasteiger charge is -2.48. The zero-order valence-corrected chi connectivity index (χ0v) is 10.9. The van der Waals surface area contributed by atoms with Gasteiger partial charge in [-0.3, -0.25) is 4.79 Å². The number of hydrogen-bond donors (Lipinski definition) is 2. The van der Waals surface area contributed by atoms with Gasteiger partial charge in [-0.2, -0.15) is 23.5 Å². The average Bonchev–Trinajstić information content (AvgIpc) is 2.30. The van der Waals surface area contributed by atoms with Crippen LogP contribution in [0, 0.1) is 5.41 Å². The van der Waals surface area contributed by atoms with Gasteiger partial charge in [-0.15, -0.1) is 0 Å². The maximum Gasteiger partial charge on any atom is 0.312 e.